The standard InChI is InChI=1S/C13H11FOS2/c1-8-7-10(13(16-2)17-8)12(15)9-5-3-4-6-11(9)14/h3-7H,1-2H3. The number of thiophene rings is 1. The largest absolute Gasteiger partial charge is 0.288 e. The van der Waals surface area contributed by atoms with E-state index in [2.05, 4.69) is 0 Å². The summed E-state index contributed by atoms with van der Waals surface area (Å²) in [5.41, 5.74) is 0.741. The van der Waals surface area contributed by atoms with Crippen molar-refractivity contribution in [1.29, 1.82) is 0 Å². The summed E-state index contributed by atoms with van der Waals surface area (Å²) < 4.78 is 14.5. The Balaban J connectivity index is 2.47. The van der Waals surface area contributed by atoms with Gasteiger partial charge in [0.15, 0.2) is 5.78 Å². The van der Waals surface area contributed by atoms with Crippen LogP contribution in [0.2, 0.25) is 0 Å². The first-order valence-corrected chi connectivity index (χ1v) is 7.11. The lowest BCUT2D eigenvalue weighted by Crippen LogP contribution is -2.03. The Hall–Kier alpha value is -1.13. The second-order valence-corrected chi connectivity index (χ2v) is 5.90. The molecule has 0 fully saturated rings. The minimum Gasteiger partial charge on any atom is -0.288 e. The number of rotatable bonds is 3. The van der Waals surface area contributed by atoms with Gasteiger partial charge in [-0.3, -0.25) is 4.79 Å². The lowest BCUT2D eigenvalue weighted by molar-refractivity contribution is 0.103. The molecule has 0 saturated heterocycles. The van der Waals surface area contributed by atoms with Gasteiger partial charge in [0.25, 0.3) is 0 Å². The van der Waals surface area contributed by atoms with Crippen molar-refractivity contribution in [2.75, 3.05) is 6.26 Å². The average molecular weight is 266 g/mol. The summed E-state index contributed by atoms with van der Waals surface area (Å²) in [6.07, 6.45) is 1.92. The predicted octanol–water partition coefficient (Wildman–Crippen LogP) is 4.15. The molecule has 0 radical (unpaired) electrons. The predicted molar refractivity (Wildman–Crippen MR) is 70.7 cm³/mol. The van der Waals surface area contributed by atoms with Gasteiger partial charge in [-0.2, -0.15) is 0 Å². The molecule has 0 N–H and O–H groups in total. The minimum absolute atomic E-state index is 0.139. The maximum atomic E-state index is 13.5. The van der Waals surface area contributed by atoms with E-state index in [1.165, 1.54) is 23.9 Å². The van der Waals surface area contributed by atoms with E-state index in [9.17, 15) is 9.18 Å². The number of benzene rings is 1. The van der Waals surface area contributed by atoms with Gasteiger partial charge >= 0.3 is 0 Å². The van der Waals surface area contributed by atoms with E-state index < -0.39 is 5.82 Å². The second-order valence-electron chi connectivity index (χ2n) is 3.57. The summed E-state index contributed by atoms with van der Waals surface area (Å²) in [4.78, 5) is 13.3. The SMILES string of the molecule is CSc1sc(C)cc1C(=O)c1ccccc1F. The number of hydrogen-bond donors (Lipinski definition) is 0. The summed E-state index contributed by atoms with van der Waals surface area (Å²) in [6.45, 7) is 1.95. The Morgan fingerprint density at radius 3 is 2.65 bits per heavy atom. The first-order chi connectivity index (χ1) is 8.13. The zero-order valence-electron chi connectivity index (χ0n) is 9.49. The van der Waals surface area contributed by atoms with E-state index >= 15 is 0 Å². The van der Waals surface area contributed by atoms with E-state index in [0.717, 1.165) is 9.09 Å². The fourth-order valence-corrected chi connectivity index (χ4v) is 3.42. The lowest BCUT2D eigenvalue weighted by Gasteiger charge is -2.02. The van der Waals surface area contributed by atoms with Gasteiger partial charge in [-0.05, 0) is 31.4 Å². The fraction of sp³-hybridized carbons (Fsp3) is 0.154. The molecule has 2 aromatic rings. The molecule has 4 heteroatoms. The van der Waals surface area contributed by atoms with Crippen molar-refractivity contribution in [1.82, 2.24) is 0 Å². The number of carbonyl (C=O) groups is 1. The van der Waals surface area contributed by atoms with Crippen molar-refractivity contribution >= 4 is 28.9 Å². The molecule has 17 heavy (non-hydrogen) atoms. The highest BCUT2D eigenvalue weighted by Gasteiger charge is 2.18. The first-order valence-electron chi connectivity index (χ1n) is 5.07. The zero-order chi connectivity index (χ0) is 12.4. The van der Waals surface area contributed by atoms with Crippen LogP contribution in [-0.2, 0) is 0 Å². The van der Waals surface area contributed by atoms with Crippen molar-refractivity contribution in [2.24, 2.45) is 0 Å². The van der Waals surface area contributed by atoms with Gasteiger partial charge in [-0.1, -0.05) is 12.1 Å². The Morgan fingerprint density at radius 1 is 1.29 bits per heavy atom. The van der Waals surface area contributed by atoms with Crippen molar-refractivity contribution in [3.05, 3.63) is 52.2 Å². The molecule has 0 atom stereocenters. The fourth-order valence-electron chi connectivity index (χ4n) is 1.59. The van der Waals surface area contributed by atoms with Gasteiger partial charge in [0.05, 0.1) is 9.77 Å². The maximum Gasteiger partial charge on any atom is 0.197 e. The van der Waals surface area contributed by atoms with Gasteiger partial charge in [-0.15, -0.1) is 23.1 Å². The zero-order valence-corrected chi connectivity index (χ0v) is 11.1. The summed E-state index contributed by atoms with van der Waals surface area (Å²) in [7, 11) is 0. The molecular formula is C13H11FOS2. The van der Waals surface area contributed by atoms with Gasteiger partial charge in [0.2, 0.25) is 0 Å². The normalized spacial score (nSPS) is 10.5. The molecule has 0 bridgehead atoms. The molecule has 1 nitrogen and oxygen atoms in total. The van der Waals surface area contributed by atoms with E-state index in [4.69, 9.17) is 0 Å². The molecule has 1 aromatic heterocycles. The van der Waals surface area contributed by atoms with E-state index in [1.807, 2.05) is 19.2 Å². The number of ketones is 1. The number of carbonyl (C=O) groups excluding carboxylic acids is 1. The monoisotopic (exact) mass is 266 g/mol. The van der Waals surface area contributed by atoms with Crippen molar-refractivity contribution < 1.29 is 9.18 Å². The van der Waals surface area contributed by atoms with Crippen LogP contribution in [0.1, 0.15) is 20.8 Å². The summed E-state index contributed by atoms with van der Waals surface area (Å²) in [6, 6.07) is 7.92. The van der Waals surface area contributed by atoms with Crippen LogP contribution >= 0.6 is 23.1 Å². The van der Waals surface area contributed by atoms with Gasteiger partial charge in [0.1, 0.15) is 5.82 Å². The van der Waals surface area contributed by atoms with Crippen LogP contribution in [0.4, 0.5) is 4.39 Å². The van der Waals surface area contributed by atoms with Crippen LogP contribution < -0.4 is 0 Å². The van der Waals surface area contributed by atoms with Crippen LogP contribution in [0.25, 0.3) is 0 Å². The molecule has 0 saturated carbocycles. The Labute approximate surface area is 108 Å². The van der Waals surface area contributed by atoms with Crippen LogP contribution in [0.5, 0.6) is 0 Å². The summed E-state index contributed by atoms with van der Waals surface area (Å²) in [5.74, 6) is -0.704. The third-order valence-corrected chi connectivity index (χ3v) is 4.56. The third-order valence-electron chi connectivity index (χ3n) is 2.37. The minimum atomic E-state index is -0.464. The molecule has 2 rings (SSSR count). The van der Waals surface area contributed by atoms with Gasteiger partial charge < -0.3 is 0 Å². The molecule has 0 aliphatic carbocycles. The molecule has 0 aliphatic rings. The molecule has 88 valence electrons. The van der Waals surface area contributed by atoms with Crippen LogP contribution in [0, 0.1) is 12.7 Å². The second kappa shape index (κ2) is 5.02. The van der Waals surface area contributed by atoms with Gasteiger partial charge in [-0.25, -0.2) is 4.39 Å². The Bertz CT molecular complexity index is 560. The van der Waals surface area contributed by atoms with Crippen LogP contribution in [0.3, 0.4) is 0 Å². The number of hydrogen-bond acceptors (Lipinski definition) is 3. The highest BCUT2D eigenvalue weighted by atomic mass is 32.2. The number of thioether (sulfide) groups is 1. The smallest absolute Gasteiger partial charge is 0.197 e. The topological polar surface area (TPSA) is 17.1 Å². The van der Waals surface area contributed by atoms with Crippen molar-refractivity contribution in [3.8, 4) is 0 Å². The highest BCUT2D eigenvalue weighted by Crippen LogP contribution is 2.32. The Kier molecular flexibility index (Phi) is 3.64. The van der Waals surface area contributed by atoms with Crippen LogP contribution in [-0.4, -0.2) is 12.0 Å². The molecule has 1 aromatic carbocycles. The van der Waals surface area contributed by atoms with Crippen molar-refractivity contribution in [2.45, 2.75) is 11.1 Å². The molecular weight excluding hydrogens is 255 g/mol. The molecule has 0 aliphatic heterocycles. The Morgan fingerprint density at radius 2 is 2.00 bits per heavy atom. The van der Waals surface area contributed by atoms with Crippen molar-refractivity contribution in [3.63, 3.8) is 0 Å². The number of aryl methyl sites for hydroxylation is 1. The van der Waals surface area contributed by atoms with Crippen LogP contribution in [0.15, 0.2) is 34.5 Å². The van der Waals surface area contributed by atoms with E-state index in [-0.39, 0.29) is 11.3 Å². The summed E-state index contributed by atoms with van der Waals surface area (Å²) >= 11 is 3.08. The molecule has 0 unspecified atom stereocenters. The third kappa shape index (κ3) is 2.42. The average Bonchev–Trinajstić information content (AvgIpc) is 2.70. The highest BCUT2D eigenvalue weighted by molar-refractivity contribution is 8.00. The van der Waals surface area contributed by atoms with E-state index in [1.54, 1.807) is 23.5 Å². The van der Waals surface area contributed by atoms with Gasteiger partial charge in [0, 0.05) is 10.4 Å². The molecule has 1 heterocycles. The summed E-state index contributed by atoms with van der Waals surface area (Å²) in [5, 5.41) is 0. The quantitative estimate of drug-likeness (QED) is 0.613. The first kappa shape index (κ1) is 12.3. The lowest BCUT2D eigenvalue weighted by atomic mass is 10.1. The number of halogens is 1. The molecule has 0 amide bonds. The molecule has 0 spiro atoms. The maximum absolute atomic E-state index is 13.5. The van der Waals surface area contributed by atoms with E-state index in [0.29, 0.717) is 5.56 Å².